The summed E-state index contributed by atoms with van der Waals surface area (Å²) >= 11 is 0. The van der Waals surface area contributed by atoms with Gasteiger partial charge < -0.3 is 5.32 Å². The van der Waals surface area contributed by atoms with Crippen LogP contribution in [0.3, 0.4) is 0 Å². The molecule has 2 rings (SSSR count). The molecule has 1 N–H and O–H groups in total. The molecule has 0 amide bonds. The molecule has 122 valence electrons. The second kappa shape index (κ2) is 6.24. The predicted octanol–water partition coefficient (Wildman–Crippen LogP) is 3.38. The molecule has 0 spiro atoms. The first-order valence-corrected chi connectivity index (χ1v) is 9.39. The van der Waals surface area contributed by atoms with Crippen molar-refractivity contribution in [1.29, 1.82) is 0 Å². The van der Waals surface area contributed by atoms with E-state index in [-0.39, 0.29) is 21.7 Å². The highest BCUT2D eigenvalue weighted by Gasteiger charge is 2.36. The molecule has 1 aromatic rings. The molecule has 1 saturated carbocycles. The van der Waals surface area contributed by atoms with E-state index in [4.69, 9.17) is 0 Å². The highest BCUT2D eigenvalue weighted by molar-refractivity contribution is 7.90. The number of anilines is 1. The fourth-order valence-electron chi connectivity index (χ4n) is 3.16. The maximum atomic E-state index is 11.7. The lowest BCUT2D eigenvalue weighted by Crippen LogP contribution is -2.36. The van der Waals surface area contributed by atoms with E-state index in [1.54, 1.807) is 12.1 Å². The molecule has 1 aliphatic rings. The Labute approximate surface area is 131 Å². The molecule has 1 aliphatic carbocycles. The molecule has 0 saturated heterocycles. The molecule has 0 bridgehead atoms. The molecule has 0 aliphatic heterocycles. The maximum Gasteiger partial charge on any atom is 0.310 e. The van der Waals surface area contributed by atoms with Crippen molar-refractivity contribution in [3.63, 3.8) is 0 Å². The first kappa shape index (κ1) is 16.7. The van der Waals surface area contributed by atoms with Crippen LogP contribution in [0.4, 0.5) is 11.4 Å². The zero-order chi connectivity index (χ0) is 16.4. The second-order valence-corrected chi connectivity index (χ2v) is 8.12. The van der Waals surface area contributed by atoms with Crippen LogP contribution in [0.25, 0.3) is 0 Å². The van der Waals surface area contributed by atoms with Crippen molar-refractivity contribution < 1.29 is 13.3 Å². The van der Waals surface area contributed by atoms with Crippen molar-refractivity contribution in [1.82, 2.24) is 0 Å². The molecule has 6 nitrogen and oxygen atoms in total. The third kappa shape index (κ3) is 3.40. The number of nitrogens with one attached hydrogen (secondary N) is 1. The Balaban J connectivity index is 2.30. The number of rotatable bonds is 7. The van der Waals surface area contributed by atoms with E-state index in [9.17, 15) is 18.5 Å². The van der Waals surface area contributed by atoms with Crippen LogP contribution in [-0.4, -0.2) is 26.1 Å². The van der Waals surface area contributed by atoms with Gasteiger partial charge in [0.1, 0.15) is 10.6 Å². The molecule has 1 fully saturated rings. The van der Waals surface area contributed by atoms with E-state index in [0.29, 0.717) is 6.54 Å². The molecule has 0 radical (unpaired) electrons. The summed E-state index contributed by atoms with van der Waals surface area (Å²) in [6.07, 6.45) is 6.57. The lowest BCUT2D eigenvalue weighted by molar-refractivity contribution is -0.386. The molecule has 7 heteroatoms. The second-order valence-electron chi connectivity index (χ2n) is 6.14. The summed E-state index contributed by atoms with van der Waals surface area (Å²) in [5, 5.41) is 14.5. The van der Waals surface area contributed by atoms with Crippen molar-refractivity contribution in [3.05, 3.63) is 28.3 Å². The van der Waals surface area contributed by atoms with Crippen LogP contribution in [0, 0.1) is 15.5 Å². The molecule has 1 aromatic carbocycles. The Bertz CT molecular complexity index is 666. The minimum absolute atomic E-state index is 0.198. The van der Waals surface area contributed by atoms with Crippen LogP contribution in [0.2, 0.25) is 0 Å². The molecule has 0 heterocycles. The van der Waals surface area contributed by atoms with Crippen LogP contribution >= 0.6 is 0 Å². The van der Waals surface area contributed by atoms with Crippen LogP contribution in [0.1, 0.15) is 39.0 Å². The average molecular weight is 326 g/mol. The van der Waals surface area contributed by atoms with Crippen molar-refractivity contribution in [2.45, 2.75) is 43.9 Å². The number of hydrogen-bond donors (Lipinski definition) is 1. The molecule has 22 heavy (non-hydrogen) atoms. The van der Waals surface area contributed by atoms with Gasteiger partial charge in [0.05, 0.1) is 4.92 Å². The summed E-state index contributed by atoms with van der Waals surface area (Å²) in [6, 6.07) is 4.40. The van der Waals surface area contributed by atoms with Gasteiger partial charge in [-0.2, -0.15) is 0 Å². The summed E-state index contributed by atoms with van der Waals surface area (Å²) in [5.74, 6) is 0. The van der Waals surface area contributed by atoms with Gasteiger partial charge in [0.2, 0.25) is 0 Å². The van der Waals surface area contributed by atoms with Crippen molar-refractivity contribution in [2.24, 2.45) is 5.41 Å². The van der Waals surface area contributed by atoms with Gasteiger partial charge in [-0.05, 0) is 36.8 Å². The van der Waals surface area contributed by atoms with E-state index in [1.165, 1.54) is 12.5 Å². The number of nitro groups is 1. The largest absolute Gasteiger partial charge is 0.379 e. The average Bonchev–Trinajstić information content (AvgIpc) is 2.40. The Morgan fingerprint density at radius 1 is 1.36 bits per heavy atom. The lowest BCUT2D eigenvalue weighted by Gasteiger charge is -2.42. The van der Waals surface area contributed by atoms with E-state index in [2.05, 4.69) is 12.2 Å². The molecular weight excluding hydrogens is 304 g/mol. The molecule has 0 atom stereocenters. The SMILES string of the molecule is CCCC1(CNc2cccc(S(C)(=O)=O)c2[N+](=O)[O-])CCC1. The van der Waals surface area contributed by atoms with E-state index < -0.39 is 14.8 Å². The third-order valence-corrected chi connectivity index (χ3v) is 5.56. The number of nitro benzene ring substituents is 1. The predicted molar refractivity (Wildman–Crippen MR) is 85.9 cm³/mol. The zero-order valence-electron chi connectivity index (χ0n) is 13.0. The number of benzene rings is 1. The summed E-state index contributed by atoms with van der Waals surface area (Å²) in [6.45, 7) is 2.78. The third-order valence-electron chi connectivity index (χ3n) is 4.43. The number of sulfone groups is 1. The van der Waals surface area contributed by atoms with Gasteiger partial charge in [-0.15, -0.1) is 0 Å². The van der Waals surface area contributed by atoms with Gasteiger partial charge in [0, 0.05) is 12.8 Å². The summed E-state index contributed by atoms with van der Waals surface area (Å²) in [5.41, 5.74) is 0.134. The highest BCUT2D eigenvalue weighted by Crippen LogP contribution is 2.45. The zero-order valence-corrected chi connectivity index (χ0v) is 13.8. The molecule has 0 aromatic heterocycles. The van der Waals surface area contributed by atoms with E-state index in [1.807, 2.05) is 0 Å². The Morgan fingerprint density at radius 3 is 2.50 bits per heavy atom. The van der Waals surface area contributed by atoms with Gasteiger partial charge in [-0.3, -0.25) is 10.1 Å². The number of nitrogens with zero attached hydrogens (tertiary/aromatic N) is 1. The van der Waals surface area contributed by atoms with Gasteiger partial charge >= 0.3 is 5.69 Å². The van der Waals surface area contributed by atoms with Crippen molar-refractivity contribution >= 4 is 21.2 Å². The normalized spacial score (nSPS) is 16.8. The topological polar surface area (TPSA) is 89.3 Å². The first-order chi connectivity index (χ1) is 10.3. The Morgan fingerprint density at radius 2 is 2.05 bits per heavy atom. The van der Waals surface area contributed by atoms with Crippen molar-refractivity contribution in [3.8, 4) is 0 Å². The summed E-state index contributed by atoms with van der Waals surface area (Å²) in [7, 11) is -3.64. The first-order valence-electron chi connectivity index (χ1n) is 7.50. The smallest absolute Gasteiger partial charge is 0.310 e. The van der Waals surface area contributed by atoms with Crippen LogP contribution in [-0.2, 0) is 9.84 Å². The Kier molecular flexibility index (Phi) is 4.75. The van der Waals surface area contributed by atoms with Gasteiger partial charge in [-0.1, -0.05) is 25.8 Å². The van der Waals surface area contributed by atoms with Crippen LogP contribution in [0.5, 0.6) is 0 Å². The minimum atomic E-state index is -3.64. The fourth-order valence-corrected chi connectivity index (χ4v) is 4.02. The molecular formula is C15H22N2O4S. The monoisotopic (exact) mass is 326 g/mol. The molecule has 0 unspecified atom stereocenters. The standard InChI is InChI=1S/C15H22N2O4S/c1-3-8-15(9-5-10-15)11-16-12-6-4-7-13(22(2,20)21)14(12)17(18)19/h4,6-7,16H,3,5,8-11H2,1-2H3. The maximum absolute atomic E-state index is 11.7. The van der Waals surface area contributed by atoms with Gasteiger partial charge in [0.15, 0.2) is 9.84 Å². The fraction of sp³-hybridized carbons (Fsp3) is 0.600. The van der Waals surface area contributed by atoms with E-state index in [0.717, 1.165) is 31.9 Å². The number of hydrogen-bond acceptors (Lipinski definition) is 5. The van der Waals surface area contributed by atoms with Gasteiger partial charge in [-0.25, -0.2) is 8.42 Å². The summed E-state index contributed by atoms with van der Waals surface area (Å²) < 4.78 is 23.5. The van der Waals surface area contributed by atoms with Crippen molar-refractivity contribution in [2.75, 3.05) is 18.1 Å². The van der Waals surface area contributed by atoms with Gasteiger partial charge in [0.25, 0.3) is 0 Å². The van der Waals surface area contributed by atoms with Crippen LogP contribution in [0.15, 0.2) is 23.1 Å². The minimum Gasteiger partial charge on any atom is -0.379 e. The quantitative estimate of drug-likeness (QED) is 0.613. The Hall–Kier alpha value is -1.63. The number of para-hydroxylation sites is 1. The summed E-state index contributed by atoms with van der Waals surface area (Å²) in [4.78, 5) is 10.5. The lowest BCUT2D eigenvalue weighted by atomic mass is 9.66. The van der Waals surface area contributed by atoms with Crippen LogP contribution < -0.4 is 5.32 Å². The van der Waals surface area contributed by atoms with E-state index >= 15 is 0 Å². The highest BCUT2D eigenvalue weighted by atomic mass is 32.2.